The van der Waals surface area contributed by atoms with E-state index in [9.17, 15) is 30.6 Å². The summed E-state index contributed by atoms with van der Waals surface area (Å²) in [4.78, 5) is 0. The molecule has 0 amide bonds. The zero-order valence-corrected chi connectivity index (χ0v) is 19.3. The first-order valence-corrected chi connectivity index (χ1v) is 12.2. The van der Waals surface area contributed by atoms with E-state index in [1.807, 2.05) is 0 Å². The minimum atomic E-state index is -1.55. The first-order chi connectivity index (χ1) is 16.1. The van der Waals surface area contributed by atoms with E-state index in [1.165, 1.54) is 0 Å². The highest BCUT2D eigenvalue weighted by Crippen LogP contribution is 2.64. The van der Waals surface area contributed by atoms with Crippen LogP contribution in [-0.4, -0.2) is 73.6 Å². The van der Waals surface area contributed by atoms with Crippen molar-refractivity contribution in [2.24, 2.45) is 17.3 Å². The molecule has 1 aromatic rings. The first-order valence-electron chi connectivity index (χ1n) is 12.2. The van der Waals surface area contributed by atoms with E-state index in [0.29, 0.717) is 18.3 Å². The molecule has 5 rings (SSSR count). The van der Waals surface area contributed by atoms with Crippen molar-refractivity contribution in [3.63, 3.8) is 0 Å². The SMILES string of the molecule is C#CC1(O)CCC2C3CCc4cc(OC5OC(CO)C(O)C(O)C5O)c(O)cc4C3CCC21C. The lowest BCUT2D eigenvalue weighted by Gasteiger charge is -2.52. The maximum Gasteiger partial charge on any atom is 0.229 e. The van der Waals surface area contributed by atoms with Gasteiger partial charge < -0.3 is 40.1 Å². The first kappa shape index (κ1) is 23.9. The number of phenols is 1. The van der Waals surface area contributed by atoms with Gasteiger partial charge in [0.15, 0.2) is 11.5 Å². The second-order valence-corrected chi connectivity index (χ2v) is 10.7. The van der Waals surface area contributed by atoms with E-state index in [1.54, 1.807) is 12.1 Å². The summed E-state index contributed by atoms with van der Waals surface area (Å²) < 4.78 is 11.1. The Kier molecular flexibility index (Phi) is 5.87. The molecule has 1 aromatic carbocycles. The van der Waals surface area contributed by atoms with Crippen molar-refractivity contribution in [2.75, 3.05) is 6.61 Å². The van der Waals surface area contributed by atoms with Crippen LogP contribution >= 0.6 is 0 Å². The zero-order chi connectivity index (χ0) is 24.4. The highest BCUT2D eigenvalue weighted by Gasteiger charge is 2.61. The van der Waals surface area contributed by atoms with E-state index in [4.69, 9.17) is 15.9 Å². The van der Waals surface area contributed by atoms with Gasteiger partial charge in [0.2, 0.25) is 6.29 Å². The molecule has 6 N–H and O–H groups in total. The molecule has 0 bridgehead atoms. The van der Waals surface area contributed by atoms with Gasteiger partial charge in [-0.25, -0.2) is 0 Å². The molecular formula is C26H34O8. The van der Waals surface area contributed by atoms with E-state index >= 15 is 0 Å². The number of rotatable bonds is 3. The fourth-order valence-corrected chi connectivity index (χ4v) is 7.22. The Balaban J connectivity index is 1.39. The smallest absolute Gasteiger partial charge is 0.229 e. The number of aliphatic hydroxyl groups excluding tert-OH is 4. The number of hydrogen-bond donors (Lipinski definition) is 6. The van der Waals surface area contributed by atoms with Gasteiger partial charge in [-0.3, -0.25) is 0 Å². The quantitative estimate of drug-likeness (QED) is 0.354. The summed E-state index contributed by atoms with van der Waals surface area (Å²) >= 11 is 0. The highest BCUT2D eigenvalue weighted by molar-refractivity contribution is 5.49. The van der Waals surface area contributed by atoms with Crippen LogP contribution in [0.15, 0.2) is 12.1 Å². The van der Waals surface area contributed by atoms with Gasteiger partial charge in [-0.05, 0) is 79.5 Å². The molecule has 186 valence electrons. The summed E-state index contributed by atoms with van der Waals surface area (Å²) in [5, 5.41) is 61.5. The number of fused-ring (bicyclic) bond motifs is 5. The maximum atomic E-state index is 11.1. The minimum absolute atomic E-state index is 0.101. The molecule has 8 heteroatoms. The molecule has 2 saturated carbocycles. The molecule has 10 unspecified atom stereocenters. The van der Waals surface area contributed by atoms with Gasteiger partial charge in [0.05, 0.1) is 6.61 Å². The second-order valence-electron chi connectivity index (χ2n) is 10.7. The van der Waals surface area contributed by atoms with Crippen molar-refractivity contribution in [1.82, 2.24) is 0 Å². The molecule has 3 aliphatic carbocycles. The van der Waals surface area contributed by atoms with Crippen LogP contribution in [-0.2, 0) is 11.2 Å². The number of hydrogen-bond acceptors (Lipinski definition) is 8. The molecular weight excluding hydrogens is 440 g/mol. The third-order valence-corrected chi connectivity index (χ3v) is 9.29. The van der Waals surface area contributed by atoms with Gasteiger partial charge in [0.25, 0.3) is 0 Å². The number of ether oxygens (including phenoxy) is 2. The summed E-state index contributed by atoms with van der Waals surface area (Å²) in [6.45, 7) is 1.57. The minimum Gasteiger partial charge on any atom is -0.504 e. The molecule has 3 fully saturated rings. The third-order valence-electron chi connectivity index (χ3n) is 9.29. The predicted octanol–water partition coefficient (Wildman–Crippen LogP) is 0.791. The van der Waals surface area contributed by atoms with E-state index in [0.717, 1.165) is 43.2 Å². The Bertz CT molecular complexity index is 988. The maximum absolute atomic E-state index is 11.1. The second kappa shape index (κ2) is 8.37. The largest absolute Gasteiger partial charge is 0.504 e. The van der Waals surface area contributed by atoms with Crippen LogP contribution in [0.25, 0.3) is 0 Å². The Morgan fingerprint density at radius 3 is 2.59 bits per heavy atom. The van der Waals surface area contributed by atoms with E-state index in [2.05, 4.69) is 12.8 Å². The highest BCUT2D eigenvalue weighted by atomic mass is 16.7. The summed E-state index contributed by atoms with van der Waals surface area (Å²) in [5.41, 5.74) is 0.767. The number of benzene rings is 1. The zero-order valence-electron chi connectivity index (χ0n) is 19.3. The van der Waals surface area contributed by atoms with Crippen LogP contribution in [0, 0.1) is 29.6 Å². The van der Waals surface area contributed by atoms with Gasteiger partial charge in [0, 0.05) is 5.41 Å². The van der Waals surface area contributed by atoms with Crippen LogP contribution in [0.3, 0.4) is 0 Å². The van der Waals surface area contributed by atoms with Gasteiger partial charge in [-0.15, -0.1) is 6.42 Å². The monoisotopic (exact) mass is 474 g/mol. The summed E-state index contributed by atoms with van der Waals surface area (Å²) in [5.74, 6) is 3.66. The van der Waals surface area contributed by atoms with Gasteiger partial charge in [-0.1, -0.05) is 12.8 Å². The Morgan fingerprint density at radius 2 is 1.88 bits per heavy atom. The van der Waals surface area contributed by atoms with Crippen LogP contribution < -0.4 is 4.74 Å². The fraction of sp³-hybridized carbons (Fsp3) is 0.692. The number of phenolic OH excluding ortho intramolecular Hbond substituents is 1. The Labute approximate surface area is 199 Å². The molecule has 8 nitrogen and oxygen atoms in total. The van der Waals surface area contributed by atoms with Crippen LogP contribution in [0.2, 0.25) is 0 Å². The van der Waals surface area contributed by atoms with Crippen molar-refractivity contribution in [3.05, 3.63) is 23.3 Å². The Hall–Kier alpha value is -1.86. The molecule has 0 radical (unpaired) electrons. The fourth-order valence-electron chi connectivity index (χ4n) is 7.22. The van der Waals surface area contributed by atoms with Crippen LogP contribution in [0.4, 0.5) is 0 Å². The lowest BCUT2D eigenvalue weighted by atomic mass is 9.53. The molecule has 0 spiro atoms. The number of aromatic hydroxyl groups is 1. The Morgan fingerprint density at radius 1 is 1.12 bits per heavy atom. The summed E-state index contributed by atoms with van der Waals surface area (Å²) in [6.07, 6.45) is 3.67. The number of aryl methyl sites for hydroxylation is 1. The summed E-state index contributed by atoms with van der Waals surface area (Å²) in [7, 11) is 0. The van der Waals surface area contributed by atoms with E-state index < -0.39 is 42.9 Å². The van der Waals surface area contributed by atoms with Crippen LogP contribution in [0.1, 0.15) is 56.1 Å². The molecule has 1 aliphatic heterocycles. The third kappa shape index (κ3) is 3.37. The molecule has 1 heterocycles. The van der Waals surface area contributed by atoms with Gasteiger partial charge >= 0.3 is 0 Å². The van der Waals surface area contributed by atoms with Crippen molar-refractivity contribution >= 4 is 0 Å². The lowest BCUT2D eigenvalue weighted by Crippen LogP contribution is -2.60. The van der Waals surface area contributed by atoms with Crippen molar-refractivity contribution in [3.8, 4) is 23.8 Å². The van der Waals surface area contributed by atoms with Crippen molar-refractivity contribution in [1.29, 1.82) is 0 Å². The average molecular weight is 475 g/mol. The summed E-state index contributed by atoms with van der Waals surface area (Å²) in [6, 6.07) is 3.47. The molecule has 0 aromatic heterocycles. The normalized spacial score (nSPS) is 45.6. The van der Waals surface area contributed by atoms with Crippen LogP contribution in [0.5, 0.6) is 11.5 Å². The van der Waals surface area contributed by atoms with Gasteiger partial charge in [0.1, 0.15) is 30.0 Å². The standard InChI is InChI=1S/C26H34O8/c1-3-26(32)9-7-17-15-5-4-13-10-19(18(28)11-16(13)14(15)6-8-25(17,26)2)33-24-23(31)22(30)21(29)20(12-27)34-24/h1,10-11,14-15,17,20-24,27-32H,4-9,12H2,2H3. The molecule has 34 heavy (non-hydrogen) atoms. The average Bonchev–Trinajstić information content (AvgIpc) is 3.11. The van der Waals surface area contributed by atoms with Crippen molar-refractivity contribution in [2.45, 2.75) is 87.7 Å². The van der Waals surface area contributed by atoms with Gasteiger partial charge in [-0.2, -0.15) is 0 Å². The molecule has 1 saturated heterocycles. The number of terminal acetylenes is 1. The topological polar surface area (TPSA) is 140 Å². The lowest BCUT2D eigenvalue weighted by molar-refractivity contribution is -0.277. The van der Waals surface area contributed by atoms with Crippen molar-refractivity contribution < 1.29 is 40.1 Å². The van der Waals surface area contributed by atoms with E-state index in [-0.39, 0.29) is 22.8 Å². The molecule has 4 aliphatic rings. The predicted molar refractivity (Wildman–Crippen MR) is 121 cm³/mol. The molecule has 10 atom stereocenters. The number of aliphatic hydroxyl groups is 5.